The highest BCUT2D eigenvalue weighted by molar-refractivity contribution is 5.95. The van der Waals surface area contributed by atoms with Gasteiger partial charge in [-0.25, -0.2) is 0 Å². The van der Waals surface area contributed by atoms with E-state index in [1.807, 2.05) is 30.0 Å². The molecule has 1 unspecified atom stereocenters. The quantitative estimate of drug-likeness (QED) is 0.715. The summed E-state index contributed by atoms with van der Waals surface area (Å²) in [7, 11) is 3.27. The van der Waals surface area contributed by atoms with Gasteiger partial charge in [-0.1, -0.05) is 25.0 Å². The van der Waals surface area contributed by atoms with E-state index in [9.17, 15) is 4.79 Å². The van der Waals surface area contributed by atoms with E-state index in [0.717, 1.165) is 43.5 Å². The molecule has 0 aromatic heterocycles. The Morgan fingerprint density at radius 1 is 1.00 bits per heavy atom. The number of carbonyl (C=O) groups excluding carboxylic acids is 1. The summed E-state index contributed by atoms with van der Waals surface area (Å²) in [5.74, 6) is 2.10. The molecule has 1 amide bonds. The van der Waals surface area contributed by atoms with Crippen molar-refractivity contribution in [1.82, 2.24) is 4.90 Å². The zero-order valence-electron chi connectivity index (χ0n) is 16.9. The molecule has 0 radical (unpaired) electrons. The summed E-state index contributed by atoms with van der Waals surface area (Å²) in [5, 5.41) is 0. The highest BCUT2D eigenvalue weighted by atomic mass is 16.5. The zero-order chi connectivity index (χ0) is 19.9. The third-order valence-electron chi connectivity index (χ3n) is 5.22. The van der Waals surface area contributed by atoms with Crippen molar-refractivity contribution in [2.45, 2.75) is 38.6 Å². The van der Waals surface area contributed by atoms with Crippen molar-refractivity contribution in [2.75, 3.05) is 27.4 Å². The molecule has 2 aromatic rings. The highest BCUT2D eigenvalue weighted by Crippen LogP contribution is 2.34. The van der Waals surface area contributed by atoms with E-state index < -0.39 is 0 Å². The first-order chi connectivity index (χ1) is 13.7. The predicted octanol–water partition coefficient (Wildman–Crippen LogP) is 4.86. The number of hydrogen-bond donors (Lipinski definition) is 0. The summed E-state index contributed by atoms with van der Waals surface area (Å²) < 4.78 is 16.3. The Morgan fingerprint density at radius 2 is 1.79 bits per heavy atom. The number of methoxy groups -OCH3 is 2. The zero-order valence-corrected chi connectivity index (χ0v) is 16.9. The van der Waals surface area contributed by atoms with Gasteiger partial charge in [0.25, 0.3) is 5.91 Å². The second kappa shape index (κ2) is 9.49. The second-order valence-corrected chi connectivity index (χ2v) is 6.94. The van der Waals surface area contributed by atoms with Crippen LogP contribution in [0.5, 0.6) is 17.2 Å². The van der Waals surface area contributed by atoms with Crippen LogP contribution in [0.3, 0.4) is 0 Å². The van der Waals surface area contributed by atoms with Crippen LogP contribution in [0.4, 0.5) is 0 Å². The Balaban J connectivity index is 1.91. The molecule has 28 heavy (non-hydrogen) atoms. The van der Waals surface area contributed by atoms with E-state index in [2.05, 4.69) is 12.1 Å². The van der Waals surface area contributed by atoms with Crippen molar-refractivity contribution in [3.05, 3.63) is 53.6 Å². The molecule has 1 heterocycles. The Hall–Kier alpha value is -2.69. The lowest BCUT2D eigenvalue weighted by Gasteiger charge is -2.31. The lowest BCUT2D eigenvalue weighted by atomic mass is 10.00. The van der Waals surface area contributed by atoms with Crippen molar-refractivity contribution < 1.29 is 19.0 Å². The third kappa shape index (κ3) is 4.41. The van der Waals surface area contributed by atoms with E-state index in [1.54, 1.807) is 26.4 Å². The molecule has 2 aromatic carbocycles. The average molecular weight is 383 g/mol. The van der Waals surface area contributed by atoms with Crippen molar-refractivity contribution in [2.24, 2.45) is 0 Å². The minimum absolute atomic E-state index is 0.0336. The van der Waals surface area contributed by atoms with Crippen LogP contribution >= 0.6 is 0 Å². The molecular weight excluding hydrogens is 354 g/mol. The molecule has 0 aliphatic carbocycles. The van der Waals surface area contributed by atoms with Crippen LogP contribution < -0.4 is 14.2 Å². The lowest BCUT2D eigenvalue weighted by Crippen LogP contribution is -2.34. The van der Waals surface area contributed by atoms with Crippen molar-refractivity contribution in [3.8, 4) is 17.2 Å². The Labute approximate surface area is 167 Å². The first-order valence-electron chi connectivity index (χ1n) is 9.93. The standard InChI is InChI=1S/C23H29NO4/c1-4-28-22-16-18(11-14-21(22)27-3)23(25)24-15-7-5-6-8-20(24)17-9-12-19(26-2)13-10-17/h9-14,16,20H,4-8,15H2,1-3H3. The molecule has 0 spiro atoms. The van der Waals surface area contributed by atoms with Crippen molar-refractivity contribution >= 4 is 5.91 Å². The van der Waals surface area contributed by atoms with E-state index in [1.165, 1.54) is 0 Å². The minimum Gasteiger partial charge on any atom is -0.497 e. The topological polar surface area (TPSA) is 48.0 Å². The number of benzene rings is 2. The van der Waals surface area contributed by atoms with Crippen LogP contribution in [0.2, 0.25) is 0 Å². The summed E-state index contributed by atoms with van der Waals surface area (Å²) in [5.41, 5.74) is 1.78. The lowest BCUT2D eigenvalue weighted by molar-refractivity contribution is 0.0680. The number of ether oxygens (including phenoxy) is 3. The summed E-state index contributed by atoms with van der Waals surface area (Å²) in [6.07, 6.45) is 4.25. The summed E-state index contributed by atoms with van der Waals surface area (Å²) in [6.45, 7) is 3.19. The van der Waals surface area contributed by atoms with Crippen LogP contribution in [0.15, 0.2) is 42.5 Å². The van der Waals surface area contributed by atoms with Crippen LogP contribution in [-0.4, -0.2) is 38.2 Å². The van der Waals surface area contributed by atoms with Gasteiger partial charge in [-0.05, 0) is 55.7 Å². The fourth-order valence-electron chi connectivity index (χ4n) is 3.77. The van der Waals surface area contributed by atoms with Gasteiger partial charge in [-0.2, -0.15) is 0 Å². The Kier molecular flexibility index (Phi) is 6.80. The number of amides is 1. The summed E-state index contributed by atoms with van der Waals surface area (Å²) in [4.78, 5) is 15.4. The van der Waals surface area contributed by atoms with Gasteiger partial charge in [0.05, 0.1) is 26.9 Å². The Bertz CT molecular complexity index is 788. The number of carbonyl (C=O) groups is 1. The fraction of sp³-hybridized carbons (Fsp3) is 0.435. The first kappa shape index (κ1) is 20.1. The molecule has 150 valence electrons. The van der Waals surface area contributed by atoms with Gasteiger partial charge in [-0.15, -0.1) is 0 Å². The molecule has 1 saturated heterocycles. The molecule has 0 N–H and O–H groups in total. The third-order valence-corrected chi connectivity index (χ3v) is 5.22. The monoisotopic (exact) mass is 383 g/mol. The van der Waals surface area contributed by atoms with Gasteiger partial charge in [0.15, 0.2) is 11.5 Å². The number of likely N-dealkylation sites (tertiary alicyclic amines) is 1. The number of nitrogens with zero attached hydrogens (tertiary/aromatic N) is 1. The molecule has 1 atom stereocenters. The van der Waals surface area contributed by atoms with E-state index in [-0.39, 0.29) is 11.9 Å². The van der Waals surface area contributed by atoms with Gasteiger partial charge in [-0.3, -0.25) is 4.79 Å². The maximum Gasteiger partial charge on any atom is 0.254 e. The van der Waals surface area contributed by atoms with Crippen LogP contribution in [0, 0.1) is 0 Å². The van der Waals surface area contributed by atoms with Crippen LogP contribution in [-0.2, 0) is 0 Å². The van der Waals surface area contributed by atoms with Gasteiger partial charge in [0, 0.05) is 12.1 Å². The maximum absolute atomic E-state index is 13.4. The van der Waals surface area contributed by atoms with E-state index in [0.29, 0.717) is 23.7 Å². The van der Waals surface area contributed by atoms with Gasteiger partial charge < -0.3 is 19.1 Å². The molecular formula is C23H29NO4. The first-order valence-corrected chi connectivity index (χ1v) is 9.93. The van der Waals surface area contributed by atoms with Crippen molar-refractivity contribution in [3.63, 3.8) is 0 Å². The summed E-state index contributed by atoms with van der Waals surface area (Å²) in [6, 6.07) is 13.5. The van der Waals surface area contributed by atoms with Crippen LogP contribution in [0.25, 0.3) is 0 Å². The van der Waals surface area contributed by atoms with Crippen molar-refractivity contribution in [1.29, 1.82) is 0 Å². The van der Waals surface area contributed by atoms with Gasteiger partial charge in [0.2, 0.25) is 0 Å². The summed E-state index contributed by atoms with van der Waals surface area (Å²) >= 11 is 0. The predicted molar refractivity (Wildman–Crippen MR) is 109 cm³/mol. The molecule has 1 aliphatic heterocycles. The largest absolute Gasteiger partial charge is 0.497 e. The molecule has 1 aliphatic rings. The fourth-order valence-corrected chi connectivity index (χ4v) is 3.77. The molecule has 1 fully saturated rings. The highest BCUT2D eigenvalue weighted by Gasteiger charge is 2.28. The number of hydrogen-bond acceptors (Lipinski definition) is 4. The maximum atomic E-state index is 13.4. The SMILES string of the molecule is CCOc1cc(C(=O)N2CCCCCC2c2ccc(OC)cc2)ccc1OC. The minimum atomic E-state index is 0.0336. The normalized spacial score (nSPS) is 17.0. The smallest absolute Gasteiger partial charge is 0.254 e. The molecule has 0 saturated carbocycles. The Morgan fingerprint density at radius 3 is 2.46 bits per heavy atom. The second-order valence-electron chi connectivity index (χ2n) is 6.94. The molecule has 0 bridgehead atoms. The van der Waals surface area contributed by atoms with Crippen LogP contribution in [0.1, 0.15) is 54.6 Å². The van der Waals surface area contributed by atoms with E-state index in [4.69, 9.17) is 14.2 Å². The van der Waals surface area contributed by atoms with E-state index >= 15 is 0 Å². The molecule has 5 heteroatoms. The average Bonchev–Trinajstić information content (AvgIpc) is 2.99. The van der Waals surface area contributed by atoms with Gasteiger partial charge >= 0.3 is 0 Å². The number of rotatable bonds is 6. The van der Waals surface area contributed by atoms with Gasteiger partial charge in [0.1, 0.15) is 5.75 Å². The molecule has 5 nitrogen and oxygen atoms in total. The molecule has 3 rings (SSSR count).